The van der Waals surface area contributed by atoms with Crippen molar-refractivity contribution in [3.05, 3.63) is 23.8 Å². The number of ether oxygens (including phenoxy) is 3. The molecule has 2 rings (SSSR count). The highest BCUT2D eigenvalue weighted by molar-refractivity contribution is 5.95. The fraction of sp³-hybridized carbons (Fsp3) is 0.529. The van der Waals surface area contributed by atoms with Crippen molar-refractivity contribution in [3.8, 4) is 11.5 Å². The van der Waals surface area contributed by atoms with Crippen LogP contribution in [0.15, 0.2) is 18.2 Å². The van der Waals surface area contributed by atoms with Gasteiger partial charge in [0.05, 0.1) is 20.8 Å². The van der Waals surface area contributed by atoms with Crippen LogP contribution in [0, 0.1) is 0 Å². The van der Waals surface area contributed by atoms with E-state index in [1.807, 2.05) is 0 Å². The monoisotopic (exact) mass is 336 g/mol. The molecule has 0 atom stereocenters. The average molecular weight is 336 g/mol. The summed E-state index contributed by atoms with van der Waals surface area (Å²) in [5.41, 5.74) is 0.510. The predicted molar refractivity (Wildman–Crippen MR) is 88.7 cm³/mol. The normalized spacial score (nSPS) is 14.8. The highest BCUT2D eigenvalue weighted by Gasteiger charge is 2.24. The van der Waals surface area contributed by atoms with E-state index in [0.717, 1.165) is 0 Å². The lowest BCUT2D eigenvalue weighted by Crippen LogP contribution is -2.37. The van der Waals surface area contributed by atoms with E-state index in [1.165, 1.54) is 0 Å². The number of hydrogen-bond donors (Lipinski definition) is 0. The van der Waals surface area contributed by atoms with E-state index in [1.54, 1.807) is 49.1 Å². The number of benzene rings is 1. The Morgan fingerprint density at radius 3 is 2.12 bits per heavy atom. The molecule has 1 heterocycles. The van der Waals surface area contributed by atoms with Crippen molar-refractivity contribution in [2.24, 2.45) is 0 Å². The molecule has 0 saturated carbocycles. The van der Waals surface area contributed by atoms with Crippen LogP contribution in [-0.4, -0.2) is 68.8 Å². The molecular weight excluding hydrogens is 312 g/mol. The summed E-state index contributed by atoms with van der Waals surface area (Å²) in [4.78, 5) is 28.0. The molecule has 1 saturated heterocycles. The van der Waals surface area contributed by atoms with E-state index in [2.05, 4.69) is 0 Å². The molecule has 0 unspecified atom stereocenters. The first kappa shape index (κ1) is 17.9. The van der Waals surface area contributed by atoms with Gasteiger partial charge in [-0.05, 0) is 25.5 Å². The number of carbonyl (C=O) groups is 2. The fourth-order valence-corrected chi connectivity index (χ4v) is 2.63. The minimum absolute atomic E-state index is 0.0992. The predicted octanol–water partition coefficient (Wildman–Crippen LogP) is 2.01. The van der Waals surface area contributed by atoms with Crippen LogP contribution in [0.3, 0.4) is 0 Å². The van der Waals surface area contributed by atoms with Gasteiger partial charge in [-0.15, -0.1) is 0 Å². The van der Waals surface area contributed by atoms with Gasteiger partial charge in [0.15, 0.2) is 0 Å². The number of rotatable bonds is 4. The molecule has 7 heteroatoms. The molecule has 0 radical (unpaired) electrons. The zero-order valence-corrected chi connectivity index (χ0v) is 14.4. The molecule has 2 amide bonds. The lowest BCUT2D eigenvalue weighted by Gasteiger charge is -2.22. The van der Waals surface area contributed by atoms with Gasteiger partial charge < -0.3 is 24.0 Å². The molecule has 1 aromatic carbocycles. The molecule has 24 heavy (non-hydrogen) atoms. The van der Waals surface area contributed by atoms with E-state index in [-0.39, 0.29) is 12.0 Å². The van der Waals surface area contributed by atoms with Crippen LogP contribution in [0.1, 0.15) is 23.7 Å². The van der Waals surface area contributed by atoms with Gasteiger partial charge in [-0.1, -0.05) is 0 Å². The highest BCUT2D eigenvalue weighted by Crippen LogP contribution is 2.23. The van der Waals surface area contributed by atoms with Crippen molar-refractivity contribution < 1.29 is 23.8 Å². The molecule has 0 aliphatic carbocycles. The number of methoxy groups -OCH3 is 2. The van der Waals surface area contributed by atoms with Crippen LogP contribution >= 0.6 is 0 Å². The SMILES string of the molecule is CCOC(=O)N1CCCN(C(=O)c2cc(OC)cc(OC)c2)CC1. The quantitative estimate of drug-likeness (QED) is 0.841. The first-order chi connectivity index (χ1) is 11.6. The molecule has 0 bridgehead atoms. The van der Waals surface area contributed by atoms with Crippen molar-refractivity contribution >= 4 is 12.0 Å². The van der Waals surface area contributed by atoms with E-state index in [0.29, 0.717) is 56.3 Å². The van der Waals surface area contributed by atoms with Crippen molar-refractivity contribution in [1.82, 2.24) is 9.80 Å². The summed E-state index contributed by atoms with van der Waals surface area (Å²) in [5.74, 6) is 1.04. The summed E-state index contributed by atoms with van der Waals surface area (Å²) in [7, 11) is 3.10. The minimum atomic E-state index is -0.324. The standard InChI is InChI=1S/C17H24N2O5/c1-4-24-17(21)19-7-5-6-18(8-9-19)16(20)13-10-14(22-2)12-15(11-13)23-3/h10-12H,4-9H2,1-3H3. The van der Waals surface area contributed by atoms with E-state index < -0.39 is 0 Å². The Morgan fingerprint density at radius 2 is 1.54 bits per heavy atom. The third kappa shape index (κ3) is 4.31. The van der Waals surface area contributed by atoms with E-state index in [4.69, 9.17) is 14.2 Å². The molecule has 1 fully saturated rings. The van der Waals surface area contributed by atoms with Gasteiger partial charge in [-0.25, -0.2) is 4.79 Å². The molecule has 1 aliphatic rings. The lowest BCUT2D eigenvalue weighted by atomic mass is 10.1. The van der Waals surface area contributed by atoms with Gasteiger partial charge in [0, 0.05) is 37.8 Å². The maximum atomic E-state index is 12.8. The first-order valence-corrected chi connectivity index (χ1v) is 8.03. The second-order valence-corrected chi connectivity index (χ2v) is 5.43. The van der Waals surface area contributed by atoms with Gasteiger partial charge in [0.2, 0.25) is 0 Å². The zero-order valence-electron chi connectivity index (χ0n) is 14.4. The summed E-state index contributed by atoms with van der Waals surface area (Å²) in [6, 6.07) is 5.11. The van der Waals surface area contributed by atoms with Crippen LogP contribution in [0.4, 0.5) is 4.79 Å². The van der Waals surface area contributed by atoms with Gasteiger partial charge in [0.1, 0.15) is 11.5 Å². The molecule has 1 aliphatic heterocycles. The number of hydrogen-bond acceptors (Lipinski definition) is 5. The second kappa shape index (κ2) is 8.42. The minimum Gasteiger partial charge on any atom is -0.497 e. The van der Waals surface area contributed by atoms with Gasteiger partial charge >= 0.3 is 6.09 Å². The largest absolute Gasteiger partial charge is 0.497 e. The summed E-state index contributed by atoms with van der Waals surface area (Å²) in [6.45, 7) is 4.24. The number of amides is 2. The van der Waals surface area contributed by atoms with Gasteiger partial charge in [0.25, 0.3) is 5.91 Å². The molecule has 7 nitrogen and oxygen atoms in total. The van der Waals surface area contributed by atoms with Crippen molar-refractivity contribution in [3.63, 3.8) is 0 Å². The fourth-order valence-electron chi connectivity index (χ4n) is 2.63. The summed E-state index contributed by atoms with van der Waals surface area (Å²) in [5, 5.41) is 0. The first-order valence-electron chi connectivity index (χ1n) is 8.03. The summed E-state index contributed by atoms with van der Waals surface area (Å²) < 4.78 is 15.5. The Bertz CT molecular complexity index is 568. The zero-order chi connectivity index (χ0) is 17.5. The Kier molecular flexibility index (Phi) is 6.28. The van der Waals surface area contributed by atoms with Crippen LogP contribution in [0.25, 0.3) is 0 Å². The maximum absolute atomic E-state index is 12.8. The average Bonchev–Trinajstić information content (AvgIpc) is 2.87. The third-order valence-corrected chi connectivity index (χ3v) is 3.91. The third-order valence-electron chi connectivity index (χ3n) is 3.91. The Balaban J connectivity index is 2.09. The summed E-state index contributed by atoms with van der Waals surface area (Å²) in [6.07, 6.45) is 0.390. The summed E-state index contributed by atoms with van der Waals surface area (Å²) >= 11 is 0. The maximum Gasteiger partial charge on any atom is 0.409 e. The second-order valence-electron chi connectivity index (χ2n) is 5.43. The van der Waals surface area contributed by atoms with Crippen LogP contribution < -0.4 is 9.47 Å². The van der Waals surface area contributed by atoms with Crippen molar-refractivity contribution in [2.75, 3.05) is 47.0 Å². The Labute approximate surface area is 142 Å². The number of nitrogens with zero attached hydrogens (tertiary/aromatic N) is 2. The Morgan fingerprint density at radius 1 is 0.958 bits per heavy atom. The van der Waals surface area contributed by atoms with Crippen LogP contribution in [0.2, 0.25) is 0 Å². The smallest absolute Gasteiger partial charge is 0.409 e. The van der Waals surface area contributed by atoms with Gasteiger partial charge in [-0.3, -0.25) is 4.79 Å². The molecule has 1 aromatic rings. The van der Waals surface area contributed by atoms with Crippen molar-refractivity contribution in [2.45, 2.75) is 13.3 Å². The van der Waals surface area contributed by atoms with Gasteiger partial charge in [-0.2, -0.15) is 0 Å². The van der Waals surface area contributed by atoms with Crippen molar-refractivity contribution in [1.29, 1.82) is 0 Å². The topological polar surface area (TPSA) is 68.3 Å². The molecule has 132 valence electrons. The highest BCUT2D eigenvalue weighted by atomic mass is 16.6. The van der Waals surface area contributed by atoms with Crippen LogP contribution in [0.5, 0.6) is 11.5 Å². The van der Waals surface area contributed by atoms with Crippen LogP contribution in [-0.2, 0) is 4.74 Å². The number of carbonyl (C=O) groups excluding carboxylic acids is 2. The molecule has 0 N–H and O–H groups in total. The molecule has 0 spiro atoms. The van der Waals surface area contributed by atoms with E-state index in [9.17, 15) is 9.59 Å². The Hall–Kier alpha value is -2.44. The van der Waals surface area contributed by atoms with E-state index >= 15 is 0 Å². The lowest BCUT2D eigenvalue weighted by molar-refractivity contribution is 0.0753. The molecule has 0 aromatic heterocycles. The molecular formula is C17H24N2O5.